The normalized spacial score (nSPS) is 28.7. The molecule has 0 radical (unpaired) electrons. The molecule has 1 aromatic heterocycles. The van der Waals surface area contributed by atoms with Crippen molar-refractivity contribution in [3.8, 4) is 11.3 Å². The third-order valence-electron chi connectivity index (χ3n) is 6.37. The molecule has 0 saturated heterocycles. The fourth-order valence-electron chi connectivity index (χ4n) is 4.56. The Hall–Kier alpha value is -1.70. The molecule has 1 heterocycles. The quantitative estimate of drug-likeness (QED) is 0.760. The summed E-state index contributed by atoms with van der Waals surface area (Å²) in [5.74, 6) is 0.635. The van der Waals surface area contributed by atoms with Crippen LogP contribution >= 0.6 is 0 Å². The Kier molecular flexibility index (Phi) is 2.44. The summed E-state index contributed by atoms with van der Waals surface area (Å²) in [5, 5.41) is 9.24. The van der Waals surface area contributed by atoms with E-state index in [4.69, 9.17) is 0 Å². The highest BCUT2D eigenvalue weighted by Gasteiger charge is 2.60. The fourth-order valence-corrected chi connectivity index (χ4v) is 4.56. The highest BCUT2D eigenvalue weighted by Crippen LogP contribution is 2.67. The topological polar surface area (TPSA) is 25.8 Å². The predicted molar refractivity (Wildman–Crippen MR) is 85.3 cm³/mol. The van der Waals surface area contributed by atoms with Gasteiger partial charge in [-0.15, -0.1) is 0 Å². The number of hydrogen-bond donors (Lipinski definition) is 0. The molecule has 2 atom stereocenters. The van der Waals surface area contributed by atoms with E-state index < -0.39 is 0 Å². The van der Waals surface area contributed by atoms with Crippen LogP contribution < -0.4 is 0 Å². The molecule has 4 rings (SSSR count). The lowest BCUT2D eigenvalue weighted by molar-refractivity contribution is 0.226. The Labute approximate surface area is 126 Å². The van der Waals surface area contributed by atoms with E-state index >= 15 is 0 Å². The lowest BCUT2D eigenvalue weighted by Crippen LogP contribution is -2.32. The van der Waals surface area contributed by atoms with Crippen LogP contribution in [0.15, 0.2) is 30.3 Å². The molecule has 0 spiro atoms. The molecule has 1 unspecified atom stereocenters. The Bertz CT molecular complexity index is 732. The van der Waals surface area contributed by atoms with E-state index in [1.54, 1.807) is 0 Å². The molecule has 0 aliphatic heterocycles. The number of hydrogen-bond acceptors (Lipinski definition) is 2. The summed E-state index contributed by atoms with van der Waals surface area (Å²) in [6, 6.07) is 10.7. The first kappa shape index (κ1) is 13.0. The molecule has 2 aliphatic carbocycles. The molecule has 0 N–H and O–H groups in total. The zero-order valence-electron chi connectivity index (χ0n) is 13.3. The second-order valence-electron chi connectivity index (χ2n) is 7.49. The van der Waals surface area contributed by atoms with Gasteiger partial charge in [-0.05, 0) is 48.3 Å². The maximum Gasteiger partial charge on any atom is 0.0935 e. The van der Waals surface area contributed by atoms with Gasteiger partial charge in [0.15, 0.2) is 0 Å². The predicted octanol–water partition coefficient (Wildman–Crippen LogP) is 4.63. The molecule has 2 bridgehead atoms. The smallest absolute Gasteiger partial charge is 0.0935 e. The molecule has 108 valence electrons. The number of rotatable bonds is 1. The summed E-state index contributed by atoms with van der Waals surface area (Å²) in [4.78, 5) is 0. The molecule has 1 aromatic carbocycles. The monoisotopic (exact) mass is 278 g/mol. The average molecular weight is 278 g/mol. The van der Waals surface area contributed by atoms with Crippen molar-refractivity contribution in [1.82, 2.24) is 10.2 Å². The average Bonchev–Trinajstić information content (AvgIpc) is 2.79. The third kappa shape index (κ3) is 1.48. The van der Waals surface area contributed by atoms with Crippen molar-refractivity contribution in [3.05, 3.63) is 47.2 Å². The lowest BCUT2D eigenvalue weighted by Gasteiger charge is -2.33. The van der Waals surface area contributed by atoms with E-state index in [2.05, 4.69) is 68.2 Å². The number of benzene rings is 1. The molecule has 2 aromatic rings. The molecular formula is C19H22N2. The van der Waals surface area contributed by atoms with E-state index in [-0.39, 0.29) is 5.41 Å². The van der Waals surface area contributed by atoms with Gasteiger partial charge in [0.05, 0.1) is 11.4 Å². The van der Waals surface area contributed by atoms with Crippen LogP contribution in [0.2, 0.25) is 0 Å². The summed E-state index contributed by atoms with van der Waals surface area (Å²) in [6.07, 6.45) is 2.53. The summed E-state index contributed by atoms with van der Waals surface area (Å²) in [6.45, 7) is 9.32. The van der Waals surface area contributed by atoms with E-state index in [9.17, 15) is 0 Å². The van der Waals surface area contributed by atoms with Crippen LogP contribution in [0.5, 0.6) is 0 Å². The van der Waals surface area contributed by atoms with Crippen LogP contribution in [0.1, 0.15) is 56.4 Å². The van der Waals surface area contributed by atoms with Crippen molar-refractivity contribution < 1.29 is 0 Å². The van der Waals surface area contributed by atoms with Crippen LogP contribution in [0.4, 0.5) is 0 Å². The Morgan fingerprint density at radius 2 is 1.86 bits per heavy atom. The van der Waals surface area contributed by atoms with Gasteiger partial charge < -0.3 is 0 Å². The molecule has 1 saturated carbocycles. The van der Waals surface area contributed by atoms with Gasteiger partial charge in [0.25, 0.3) is 0 Å². The number of aromatic nitrogens is 2. The number of aryl methyl sites for hydroxylation is 1. The highest BCUT2D eigenvalue weighted by molar-refractivity contribution is 5.65. The second-order valence-corrected chi connectivity index (χ2v) is 7.49. The molecule has 2 nitrogen and oxygen atoms in total. The first-order valence-electron chi connectivity index (χ1n) is 7.89. The van der Waals surface area contributed by atoms with Crippen LogP contribution in [-0.4, -0.2) is 10.2 Å². The van der Waals surface area contributed by atoms with Crippen molar-refractivity contribution in [3.63, 3.8) is 0 Å². The Morgan fingerprint density at radius 1 is 1.10 bits per heavy atom. The fraction of sp³-hybridized carbons (Fsp3) is 0.474. The van der Waals surface area contributed by atoms with Gasteiger partial charge in [0.1, 0.15) is 0 Å². The summed E-state index contributed by atoms with van der Waals surface area (Å²) >= 11 is 0. The Balaban J connectivity index is 1.89. The zero-order chi connectivity index (χ0) is 14.8. The molecular weight excluding hydrogens is 256 g/mol. The highest BCUT2D eigenvalue weighted by atomic mass is 15.1. The van der Waals surface area contributed by atoms with E-state index in [1.165, 1.54) is 35.2 Å². The molecule has 2 aliphatic rings. The van der Waals surface area contributed by atoms with Gasteiger partial charge in [-0.1, -0.05) is 45.0 Å². The van der Waals surface area contributed by atoms with Gasteiger partial charge in [0.2, 0.25) is 0 Å². The summed E-state index contributed by atoms with van der Waals surface area (Å²) in [7, 11) is 0. The van der Waals surface area contributed by atoms with E-state index in [0.29, 0.717) is 11.3 Å². The van der Waals surface area contributed by atoms with E-state index in [0.717, 1.165) is 5.69 Å². The maximum atomic E-state index is 4.68. The van der Waals surface area contributed by atoms with Crippen LogP contribution in [0.3, 0.4) is 0 Å². The van der Waals surface area contributed by atoms with Crippen molar-refractivity contribution in [1.29, 1.82) is 0 Å². The van der Waals surface area contributed by atoms with Crippen LogP contribution in [0, 0.1) is 12.3 Å². The summed E-state index contributed by atoms with van der Waals surface area (Å²) < 4.78 is 0. The minimum atomic E-state index is 0.199. The van der Waals surface area contributed by atoms with Crippen LogP contribution in [0.25, 0.3) is 11.3 Å². The van der Waals surface area contributed by atoms with Gasteiger partial charge in [-0.3, -0.25) is 0 Å². The van der Waals surface area contributed by atoms with Crippen molar-refractivity contribution in [2.45, 2.75) is 51.9 Å². The largest absolute Gasteiger partial charge is 0.154 e. The van der Waals surface area contributed by atoms with Crippen molar-refractivity contribution >= 4 is 0 Å². The third-order valence-corrected chi connectivity index (χ3v) is 6.37. The number of nitrogens with zero attached hydrogens (tertiary/aromatic N) is 2. The SMILES string of the molecule is Cc1ccccc1-c1cc2c(nn1)C1(C)CC[C@@H]2C1(C)C. The minimum absolute atomic E-state index is 0.199. The first-order chi connectivity index (χ1) is 9.95. The first-order valence-corrected chi connectivity index (χ1v) is 7.89. The van der Waals surface area contributed by atoms with Crippen LogP contribution in [-0.2, 0) is 5.41 Å². The number of fused-ring (bicyclic) bond motifs is 5. The molecule has 21 heavy (non-hydrogen) atoms. The van der Waals surface area contributed by atoms with Gasteiger partial charge in [-0.2, -0.15) is 10.2 Å². The van der Waals surface area contributed by atoms with Gasteiger partial charge >= 0.3 is 0 Å². The standard InChI is InChI=1S/C19H22N2/c1-12-7-5-6-8-13(12)16-11-14-15-9-10-19(4,18(15,2)3)17(14)21-20-16/h5-8,11,15H,9-10H2,1-4H3/t15-,19?/m0/s1. The minimum Gasteiger partial charge on any atom is -0.154 e. The molecule has 0 amide bonds. The van der Waals surface area contributed by atoms with Crippen molar-refractivity contribution in [2.24, 2.45) is 5.41 Å². The lowest BCUT2D eigenvalue weighted by atomic mass is 9.70. The second kappa shape index (κ2) is 3.94. The van der Waals surface area contributed by atoms with Crippen molar-refractivity contribution in [2.75, 3.05) is 0 Å². The molecule has 2 heteroatoms. The maximum absolute atomic E-state index is 4.68. The summed E-state index contributed by atoms with van der Waals surface area (Å²) in [5.41, 5.74) is 6.69. The van der Waals surface area contributed by atoms with Gasteiger partial charge in [0, 0.05) is 11.0 Å². The Morgan fingerprint density at radius 3 is 2.62 bits per heavy atom. The van der Waals surface area contributed by atoms with Gasteiger partial charge in [-0.25, -0.2) is 0 Å². The molecule has 1 fully saturated rings. The zero-order valence-corrected chi connectivity index (χ0v) is 13.3. The van der Waals surface area contributed by atoms with E-state index in [1.807, 2.05) is 0 Å².